The number of aliphatic hydroxyl groups excluding tert-OH is 2. The quantitative estimate of drug-likeness (QED) is 0.0380. The number of hydrogen-bond donors (Lipinski definition) is 16. The van der Waals surface area contributed by atoms with Crippen LogP contribution >= 0.6 is 11.8 Å². The van der Waals surface area contributed by atoms with Crippen LogP contribution in [0, 0.1) is 5.92 Å². The number of aliphatic hydroxyl groups is 2. The van der Waals surface area contributed by atoms with Crippen molar-refractivity contribution < 1.29 is 86.9 Å². The van der Waals surface area contributed by atoms with Gasteiger partial charge in [-0.1, -0.05) is 148 Å². The van der Waals surface area contributed by atoms with E-state index in [9.17, 15) is 82.1 Å². The van der Waals surface area contributed by atoms with Crippen molar-refractivity contribution in [3.05, 3.63) is 133 Å². The normalized spacial score (nSPS) is 25.2. The lowest BCUT2D eigenvalue weighted by atomic mass is 9.99. The molecule has 0 aliphatic carbocycles. The second kappa shape index (κ2) is 47.6. The molecule has 5 rings (SSSR count). The van der Waals surface area contributed by atoms with Crippen molar-refractivity contribution in [1.29, 1.82) is 0 Å². The molecular weight excluding hydrogens is 1530 g/mol. The molecular formula is C81H115N17O18S. The number of primary amides is 2. The van der Waals surface area contributed by atoms with Gasteiger partial charge in [0, 0.05) is 45.7 Å². The Morgan fingerprint density at radius 3 is 1.57 bits per heavy atom. The summed E-state index contributed by atoms with van der Waals surface area (Å²) in [7, 11) is 2.57. The molecule has 2 heterocycles. The smallest absolute Gasteiger partial charge is 0.245 e. The minimum Gasteiger partial charge on any atom is -0.391 e. The number of carbonyl (C=O) groups is 16. The van der Waals surface area contributed by atoms with Crippen LogP contribution in [0.3, 0.4) is 0 Å². The average molecular weight is 1650 g/mol. The van der Waals surface area contributed by atoms with Crippen molar-refractivity contribution in [2.75, 3.05) is 45.2 Å². The highest BCUT2D eigenvalue weighted by Crippen LogP contribution is 2.23. The lowest BCUT2D eigenvalue weighted by molar-refractivity contribution is -0.145. The van der Waals surface area contributed by atoms with Crippen molar-refractivity contribution in [2.45, 2.75) is 210 Å². The highest BCUT2D eigenvalue weighted by molar-refractivity contribution is 8.00. The Hall–Kier alpha value is -11.4. The number of unbranched alkanes of at least 4 members (excludes halogenated alkanes) is 2. The molecule has 638 valence electrons. The fourth-order valence-electron chi connectivity index (χ4n) is 12.8. The topological polar surface area (TPSA) is 534 Å². The summed E-state index contributed by atoms with van der Waals surface area (Å²) in [6.07, 6.45) is 3.13. The molecule has 0 saturated carbocycles. The molecule has 2 aliphatic rings. The summed E-state index contributed by atoms with van der Waals surface area (Å²) in [6.45, 7) is 14.7. The molecule has 0 radical (unpaired) electrons. The first-order valence-corrected chi connectivity index (χ1v) is 40.0. The van der Waals surface area contributed by atoms with E-state index in [1.54, 1.807) is 73.7 Å². The Morgan fingerprint density at radius 2 is 1.03 bits per heavy atom. The molecule has 3 aromatic rings. The van der Waals surface area contributed by atoms with Crippen molar-refractivity contribution in [3.8, 4) is 11.1 Å². The molecule has 19 N–H and O–H groups in total. The highest BCUT2D eigenvalue weighted by atomic mass is 32.2. The van der Waals surface area contributed by atoms with Gasteiger partial charge in [-0.05, 0) is 102 Å². The van der Waals surface area contributed by atoms with Gasteiger partial charge in [0.1, 0.15) is 78.5 Å². The second-order valence-corrected chi connectivity index (χ2v) is 30.5. The molecule has 2 fully saturated rings. The predicted molar refractivity (Wildman–Crippen MR) is 437 cm³/mol. The number of nitrogens with zero attached hydrogens (tertiary/aromatic N) is 3. The van der Waals surface area contributed by atoms with E-state index < -0.39 is 210 Å². The summed E-state index contributed by atoms with van der Waals surface area (Å²) in [4.78, 5) is 231. The zero-order valence-electron chi connectivity index (χ0n) is 67.9. The van der Waals surface area contributed by atoms with Crippen LogP contribution in [0.1, 0.15) is 118 Å². The van der Waals surface area contributed by atoms with Crippen LogP contribution in [0.25, 0.3) is 11.1 Å². The summed E-state index contributed by atoms with van der Waals surface area (Å²) in [6, 6.07) is 4.56. The van der Waals surface area contributed by atoms with Gasteiger partial charge in [0.2, 0.25) is 94.5 Å². The molecule has 0 bridgehead atoms. The number of allylic oxidation sites excluding steroid dienone is 4. The van der Waals surface area contributed by atoms with E-state index >= 15 is 4.79 Å². The minimum absolute atomic E-state index is 0.0188. The van der Waals surface area contributed by atoms with E-state index in [1.165, 1.54) is 53.6 Å². The first kappa shape index (κ1) is 96.2. The van der Waals surface area contributed by atoms with Crippen molar-refractivity contribution in [2.24, 2.45) is 23.1 Å². The Balaban J connectivity index is 1.60. The molecule has 35 nitrogen and oxygen atoms in total. The number of likely N-dealkylation sites (N-methyl/N-ethyl adjacent to an activating group) is 2. The zero-order valence-corrected chi connectivity index (χ0v) is 68.7. The molecule has 2 saturated heterocycles. The first-order chi connectivity index (χ1) is 55.4. The van der Waals surface area contributed by atoms with Crippen LogP contribution in [0.15, 0.2) is 121 Å². The molecule has 2 aliphatic heterocycles. The van der Waals surface area contributed by atoms with E-state index in [2.05, 4.69) is 65.1 Å². The average Bonchev–Trinajstić information content (AvgIpc) is 1.66. The van der Waals surface area contributed by atoms with Gasteiger partial charge in [-0.25, -0.2) is 0 Å². The van der Waals surface area contributed by atoms with E-state index in [1.807, 2.05) is 42.5 Å². The molecule has 3 aromatic carbocycles. The third-order valence-electron chi connectivity index (χ3n) is 19.8. The van der Waals surface area contributed by atoms with Crippen LogP contribution in [-0.4, -0.2) is 255 Å². The monoisotopic (exact) mass is 1650 g/mol. The Labute approximate surface area is 685 Å². The molecule has 16 amide bonds. The van der Waals surface area contributed by atoms with Crippen molar-refractivity contribution in [1.82, 2.24) is 73.2 Å². The lowest BCUT2D eigenvalue weighted by Crippen LogP contribution is -2.64. The Bertz CT molecular complexity index is 4050. The van der Waals surface area contributed by atoms with Gasteiger partial charge >= 0.3 is 0 Å². The molecule has 117 heavy (non-hydrogen) atoms. The standard InChI is InChI=1S/C81H115N17O18S/c1-12-13-17-25-46(4)38-57-73(108)93-66(45(2)3)76(111)89-58(41-63(83)101)74(109)94-68(51(9)100)78(113)95-67(50(8)99)77(112)91-60(39-52-26-18-14-19-27-52)81(116)97(11)49(7)70(105)90-59(40-53-32-34-55(35-33-53)54-28-20-15-21-29-54)80(115)96(10)48(6)69(104)88-56(30-22-16-23-36-82)72(107)86-47(5)79(114)98-37-24-31-62(98)75(110)92-61(43-117-44-65(103)87-57)71(106)85-42-64(84)102/h12-15,17-21,25-29,32-35,45,47-51,56-62,66-68,99-100H,4,16,22-24,30-31,36-44,82H2,1-3,5-11H3,(H2,83,101)(H2,84,102)(H,85,106)(H,86,107)(H,87,103)(H,88,104)(H,89,111)(H,90,105)(H,91,112)(H,92,110)(H,93,108)(H,94,109)(H,95,113)/b13-12-,25-17-/t47-,48-,49-,50+,51+,56-,57-,58-,59-,60-,61-,62-,66-,67-,68-/m0/s1. The third kappa shape index (κ3) is 30.3. The fourth-order valence-corrected chi connectivity index (χ4v) is 13.6. The van der Waals surface area contributed by atoms with Gasteiger partial charge in [-0.3, -0.25) is 76.7 Å². The van der Waals surface area contributed by atoms with Crippen LogP contribution in [0.4, 0.5) is 0 Å². The van der Waals surface area contributed by atoms with Crippen LogP contribution in [0.2, 0.25) is 0 Å². The molecule has 0 spiro atoms. The SMILES string of the molecule is C=C(/C=C\C=C/C)C[C@@H]1NC(=O)CSC[C@@H](C(=O)NCC(N)=O)NC(=O)[C@@H]2CCCN2C(=O)[C@H](C)NC(=O)[C@H](CCCCCN)NC(=O)[C@H](C)N(C)C(=O)[C@H](Cc2ccc(-c3ccccc3)cc2)NC(=O)[C@H](C)N(C)C(=O)[C@H](Cc2ccccc2)NC(=O)[C@H]([C@@H](C)O)NC(=O)[C@H]([C@@H](C)O)NC(=O)[C@H](CC(N)=O)NC(=O)[C@H](C(C)C)NC1=O. The largest absolute Gasteiger partial charge is 0.391 e. The maximum atomic E-state index is 15.1. The number of nitrogens with two attached hydrogens (primary N) is 3. The lowest BCUT2D eigenvalue weighted by Gasteiger charge is -2.33. The van der Waals surface area contributed by atoms with Crippen molar-refractivity contribution >= 4 is 106 Å². The highest BCUT2D eigenvalue weighted by Gasteiger charge is 2.42. The van der Waals surface area contributed by atoms with Crippen molar-refractivity contribution in [3.63, 3.8) is 0 Å². The molecule has 0 aromatic heterocycles. The fraction of sp³-hybridized carbons (Fsp3) is 0.506. The van der Waals surface area contributed by atoms with Crippen LogP contribution < -0.4 is 75.7 Å². The van der Waals surface area contributed by atoms with Gasteiger partial charge in [0.15, 0.2) is 0 Å². The van der Waals surface area contributed by atoms with E-state index in [4.69, 9.17) is 17.2 Å². The summed E-state index contributed by atoms with van der Waals surface area (Å²) >= 11 is 0.801. The number of amides is 16. The van der Waals surface area contributed by atoms with Gasteiger partial charge in [0.05, 0.1) is 30.9 Å². The number of nitrogens with one attached hydrogen (secondary N) is 11. The summed E-state index contributed by atoms with van der Waals surface area (Å²) in [5, 5.41) is 50.1. The summed E-state index contributed by atoms with van der Waals surface area (Å²) in [5.74, 6) is -17.1. The summed E-state index contributed by atoms with van der Waals surface area (Å²) in [5.41, 5.74) is 19.8. The van der Waals surface area contributed by atoms with Gasteiger partial charge in [-0.15, -0.1) is 11.8 Å². The maximum absolute atomic E-state index is 15.1. The Morgan fingerprint density at radius 1 is 0.547 bits per heavy atom. The van der Waals surface area contributed by atoms with Gasteiger partial charge < -0.3 is 101 Å². The van der Waals surface area contributed by atoms with E-state index in [0.717, 1.165) is 46.5 Å². The Kier molecular flexibility index (Phi) is 39.1. The second-order valence-electron chi connectivity index (χ2n) is 29.5. The minimum atomic E-state index is -2.03. The number of carbonyl (C=O) groups excluding carboxylic acids is 16. The number of fused-ring (bicyclic) bond motifs is 1. The van der Waals surface area contributed by atoms with Gasteiger partial charge in [0.25, 0.3) is 0 Å². The third-order valence-corrected chi connectivity index (χ3v) is 20.8. The molecule has 36 heteroatoms. The first-order valence-electron chi connectivity index (χ1n) is 38.9. The van der Waals surface area contributed by atoms with Gasteiger partial charge in [-0.2, -0.15) is 0 Å². The number of thioether (sulfide) groups is 1. The number of rotatable bonds is 22. The number of benzene rings is 3. The maximum Gasteiger partial charge on any atom is 0.245 e. The zero-order chi connectivity index (χ0) is 86.9. The van der Waals surface area contributed by atoms with E-state index in [-0.39, 0.29) is 44.4 Å². The number of hydrogen-bond acceptors (Lipinski definition) is 20. The summed E-state index contributed by atoms with van der Waals surface area (Å²) < 4.78 is 0. The molecule has 15 atom stereocenters. The predicted octanol–water partition coefficient (Wildman–Crippen LogP) is -2.07. The van der Waals surface area contributed by atoms with Crippen LogP contribution in [-0.2, 0) is 89.6 Å². The molecule has 0 unspecified atom stereocenters. The van der Waals surface area contributed by atoms with Crippen LogP contribution in [0.5, 0.6) is 0 Å². The van der Waals surface area contributed by atoms with E-state index in [0.29, 0.717) is 48.9 Å².